The number of rotatable bonds is 5. The molecule has 0 bridgehead atoms. The minimum absolute atomic E-state index is 0.0516. The fourth-order valence-electron chi connectivity index (χ4n) is 3.65. The SMILES string of the molecule is N=C(N)c1cccc(-c2ccccc2-c2ccccc2-c2cccc(C(=N)N)c2)c1. The van der Waals surface area contributed by atoms with Gasteiger partial charge < -0.3 is 11.5 Å². The molecule has 0 aromatic heterocycles. The van der Waals surface area contributed by atoms with Crippen LogP contribution in [-0.2, 0) is 0 Å². The van der Waals surface area contributed by atoms with E-state index in [1.807, 2.05) is 72.8 Å². The molecule has 0 amide bonds. The van der Waals surface area contributed by atoms with E-state index in [1.165, 1.54) is 0 Å². The number of hydrogen-bond acceptors (Lipinski definition) is 2. The highest BCUT2D eigenvalue weighted by Crippen LogP contribution is 2.38. The first-order valence-corrected chi connectivity index (χ1v) is 9.62. The Bertz CT molecular complexity index is 1160. The van der Waals surface area contributed by atoms with E-state index in [0.29, 0.717) is 11.1 Å². The van der Waals surface area contributed by atoms with Crippen LogP contribution in [0.2, 0.25) is 0 Å². The molecule has 0 heterocycles. The van der Waals surface area contributed by atoms with Crippen LogP contribution in [0.4, 0.5) is 0 Å². The molecule has 146 valence electrons. The molecular weight excluding hydrogens is 368 g/mol. The summed E-state index contributed by atoms with van der Waals surface area (Å²) in [6.45, 7) is 0. The first kappa shape index (κ1) is 19.2. The van der Waals surface area contributed by atoms with Gasteiger partial charge in [-0.15, -0.1) is 0 Å². The summed E-state index contributed by atoms with van der Waals surface area (Å²) >= 11 is 0. The Morgan fingerprint density at radius 1 is 0.467 bits per heavy atom. The summed E-state index contributed by atoms with van der Waals surface area (Å²) in [6, 6.07) is 31.9. The molecule has 0 saturated heterocycles. The van der Waals surface area contributed by atoms with Gasteiger partial charge in [-0.1, -0.05) is 84.9 Å². The lowest BCUT2D eigenvalue weighted by molar-refractivity contribution is 1.42. The smallest absolute Gasteiger partial charge is 0.122 e. The second-order valence-electron chi connectivity index (χ2n) is 7.08. The Balaban J connectivity index is 1.90. The second kappa shape index (κ2) is 8.05. The zero-order chi connectivity index (χ0) is 21.1. The molecule has 4 aromatic carbocycles. The van der Waals surface area contributed by atoms with Gasteiger partial charge in [0.05, 0.1) is 0 Å². The molecule has 6 N–H and O–H groups in total. The molecule has 0 spiro atoms. The van der Waals surface area contributed by atoms with Gasteiger partial charge in [-0.2, -0.15) is 0 Å². The van der Waals surface area contributed by atoms with Crippen molar-refractivity contribution in [3.63, 3.8) is 0 Å². The van der Waals surface area contributed by atoms with E-state index in [9.17, 15) is 0 Å². The summed E-state index contributed by atoms with van der Waals surface area (Å²) in [6.07, 6.45) is 0. The Kier molecular flexibility index (Phi) is 5.14. The van der Waals surface area contributed by atoms with Crippen molar-refractivity contribution in [3.05, 3.63) is 108 Å². The molecule has 0 unspecified atom stereocenters. The fourth-order valence-corrected chi connectivity index (χ4v) is 3.65. The second-order valence-corrected chi connectivity index (χ2v) is 7.08. The molecular formula is C26H22N4. The van der Waals surface area contributed by atoms with Gasteiger partial charge in [-0.3, -0.25) is 10.8 Å². The number of nitrogens with one attached hydrogen (secondary N) is 2. The molecule has 4 nitrogen and oxygen atoms in total. The van der Waals surface area contributed by atoms with E-state index in [4.69, 9.17) is 22.3 Å². The largest absolute Gasteiger partial charge is 0.384 e. The Morgan fingerprint density at radius 3 is 1.20 bits per heavy atom. The average molecular weight is 390 g/mol. The average Bonchev–Trinajstić information content (AvgIpc) is 2.79. The maximum atomic E-state index is 7.76. The van der Waals surface area contributed by atoms with Crippen molar-refractivity contribution in [2.45, 2.75) is 0 Å². The van der Waals surface area contributed by atoms with E-state index in [2.05, 4.69) is 24.3 Å². The molecule has 0 aliphatic heterocycles. The van der Waals surface area contributed by atoms with Gasteiger partial charge in [-0.25, -0.2) is 0 Å². The summed E-state index contributed by atoms with van der Waals surface area (Å²) in [4.78, 5) is 0. The van der Waals surface area contributed by atoms with Crippen LogP contribution in [0.1, 0.15) is 11.1 Å². The summed E-state index contributed by atoms with van der Waals surface area (Å²) in [5.41, 5.74) is 19.1. The van der Waals surface area contributed by atoms with Crippen LogP contribution < -0.4 is 11.5 Å². The normalized spacial score (nSPS) is 10.5. The quantitative estimate of drug-likeness (QED) is 0.276. The predicted octanol–water partition coefficient (Wildman–Crippen LogP) is 5.26. The van der Waals surface area contributed by atoms with Gasteiger partial charge in [0.1, 0.15) is 11.7 Å². The van der Waals surface area contributed by atoms with E-state index < -0.39 is 0 Å². The molecule has 0 fully saturated rings. The van der Waals surface area contributed by atoms with Gasteiger partial charge in [0.25, 0.3) is 0 Å². The number of hydrogen-bond donors (Lipinski definition) is 4. The highest BCUT2D eigenvalue weighted by molar-refractivity contribution is 5.99. The van der Waals surface area contributed by atoms with E-state index >= 15 is 0 Å². The van der Waals surface area contributed by atoms with Crippen molar-refractivity contribution < 1.29 is 0 Å². The van der Waals surface area contributed by atoms with Crippen LogP contribution >= 0.6 is 0 Å². The topological polar surface area (TPSA) is 99.7 Å². The highest BCUT2D eigenvalue weighted by Gasteiger charge is 2.13. The van der Waals surface area contributed by atoms with Gasteiger partial charge in [0.2, 0.25) is 0 Å². The van der Waals surface area contributed by atoms with Crippen LogP contribution in [-0.4, -0.2) is 11.7 Å². The van der Waals surface area contributed by atoms with Crippen molar-refractivity contribution in [2.24, 2.45) is 11.5 Å². The van der Waals surface area contributed by atoms with Gasteiger partial charge >= 0.3 is 0 Å². The summed E-state index contributed by atoms with van der Waals surface area (Å²) in [5.74, 6) is 0.103. The molecule has 0 aliphatic carbocycles. The first-order valence-electron chi connectivity index (χ1n) is 9.62. The standard InChI is InChI=1S/C26H22N4/c27-25(28)19-9-5-7-17(15-19)21-11-1-3-13-23(21)24-14-4-2-12-22(24)18-8-6-10-20(16-18)26(29)30/h1-16H,(H3,27,28)(H3,29,30). The maximum Gasteiger partial charge on any atom is 0.122 e. The van der Waals surface area contributed by atoms with Crippen molar-refractivity contribution in [3.8, 4) is 33.4 Å². The Morgan fingerprint density at radius 2 is 0.833 bits per heavy atom. The fraction of sp³-hybridized carbons (Fsp3) is 0. The highest BCUT2D eigenvalue weighted by atomic mass is 14.7. The van der Waals surface area contributed by atoms with E-state index in [1.54, 1.807) is 0 Å². The number of benzene rings is 4. The third kappa shape index (κ3) is 3.71. The lowest BCUT2D eigenvalue weighted by atomic mass is 9.88. The van der Waals surface area contributed by atoms with Crippen LogP contribution in [0.15, 0.2) is 97.1 Å². The minimum atomic E-state index is 0.0516. The van der Waals surface area contributed by atoms with Gasteiger partial charge in [-0.05, 0) is 45.5 Å². The van der Waals surface area contributed by atoms with Crippen LogP contribution in [0.3, 0.4) is 0 Å². The van der Waals surface area contributed by atoms with Gasteiger partial charge in [0, 0.05) is 11.1 Å². The van der Waals surface area contributed by atoms with E-state index in [0.717, 1.165) is 33.4 Å². The van der Waals surface area contributed by atoms with Crippen LogP contribution in [0.25, 0.3) is 33.4 Å². The van der Waals surface area contributed by atoms with Crippen LogP contribution in [0, 0.1) is 10.8 Å². The molecule has 4 rings (SSSR count). The number of nitrogens with two attached hydrogens (primary N) is 2. The van der Waals surface area contributed by atoms with E-state index in [-0.39, 0.29) is 11.7 Å². The molecule has 0 aliphatic rings. The van der Waals surface area contributed by atoms with Crippen molar-refractivity contribution in [1.82, 2.24) is 0 Å². The molecule has 4 heteroatoms. The summed E-state index contributed by atoms with van der Waals surface area (Å²) < 4.78 is 0. The van der Waals surface area contributed by atoms with Crippen LogP contribution in [0.5, 0.6) is 0 Å². The minimum Gasteiger partial charge on any atom is -0.384 e. The van der Waals surface area contributed by atoms with Crippen molar-refractivity contribution in [1.29, 1.82) is 10.8 Å². The van der Waals surface area contributed by atoms with Crippen molar-refractivity contribution in [2.75, 3.05) is 0 Å². The first-order chi connectivity index (χ1) is 14.5. The third-order valence-corrected chi connectivity index (χ3v) is 5.11. The monoisotopic (exact) mass is 390 g/mol. The molecule has 0 saturated carbocycles. The number of amidine groups is 2. The zero-order valence-electron chi connectivity index (χ0n) is 16.4. The molecule has 30 heavy (non-hydrogen) atoms. The Labute approximate surface area is 175 Å². The molecule has 0 radical (unpaired) electrons. The molecule has 0 atom stereocenters. The molecule has 4 aromatic rings. The maximum absolute atomic E-state index is 7.76. The van der Waals surface area contributed by atoms with Crippen molar-refractivity contribution >= 4 is 11.7 Å². The predicted molar refractivity (Wildman–Crippen MR) is 125 cm³/mol. The zero-order valence-corrected chi connectivity index (χ0v) is 16.4. The third-order valence-electron chi connectivity index (χ3n) is 5.11. The summed E-state index contributed by atoms with van der Waals surface area (Å²) in [7, 11) is 0. The Hall–Kier alpha value is -4.18. The number of nitrogen functional groups attached to an aromatic ring is 2. The van der Waals surface area contributed by atoms with Gasteiger partial charge in [0.15, 0.2) is 0 Å². The summed E-state index contributed by atoms with van der Waals surface area (Å²) in [5, 5.41) is 15.5. The lowest BCUT2D eigenvalue weighted by Crippen LogP contribution is -2.10. The lowest BCUT2D eigenvalue weighted by Gasteiger charge is -2.15.